The first kappa shape index (κ1) is 30.5. The second kappa shape index (κ2) is 12.4. The minimum absolute atomic E-state index is 0.00623. The number of rotatable bonds is 11. The number of fused-ring (bicyclic) bond motifs is 1. The van der Waals surface area contributed by atoms with Crippen LogP contribution in [-0.2, 0) is 16.1 Å². The average Bonchev–Trinajstić information content (AvgIpc) is 3.26. The van der Waals surface area contributed by atoms with E-state index in [0.717, 1.165) is 15.9 Å². The molecule has 1 amide bonds. The van der Waals surface area contributed by atoms with E-state index in [0.29, 0.717) is 0 Å². The van der Waals surface area contributed by atoms with Crippen molar-refractivity contribution in [2.75, 3.05) is 20.8 Å². The third-order valence-corrected chi connectivity index (χ3v) is 8.03. The largest absolute Gasteiger partial charge is 0.496 e. The molecule has 1 aromatic carbocycles. The molecule has 2 aromatic heterocycles. The van der Waals surface area contributed by atoms with Crippen molar-refractivity contribution in [3.8, 4) is 11.8 Å². The van der Waals surface area contributed by atoms with Crippen LogP contribution in [0, 0.1) is 24.1 Å². The number of likely N-dealkylation sites (N-methyl/N-ethyl adjacent to an activating group) is 1. The van der Waals surface area contributed by atoms with Gasteiger partial charge in [0.1, 0.15) is 33.4 Å². The molecule has 0 spiro atoms. The Labute approximate surface area is 233 Å². The number of carboxylic acid groups (broad SMARTS) is 1. The summed E-state index contributed by atoms with van der Waals surface area (Å²) in [5.41, 5.74) is -1.26. The third kappa shape index (κ3) is 5.78. The van der Waals surface area contributed by atoms with Crippen molar-refractivity contribution in [1.82, 2.24) is 14.0 Å². The number of hydrogen-bond acceptors (Lipinski definition) is 8. The molecule has 40 heavy (non-hydrogen) atoms. The van der Waals surface area contributed by atoms with Gasteiger partial charge in [0.05, 0.1) is 38.1 Å². The highest BCUT2D eigenvalue weighted by atomic mass is 32.1. The van der Waals surface area contributed by atoms with Gasteiger partial charge in [-0.3, -0.25) is 14.2 Å². The van der Waals surface area contributed by atoms with Crippen LogP contribution in [0.5, 0.6) is 5.75 Å². The van der Waals surface area contributed by atoms with Gasteiger partial charge in [0.25, 0.3) is 5.56 Å². The average molecular weight is 575 g/mol. The molecule has 11 nitrogen and oxygen atoms in total. The monoisotopic (exact) mass is 574 g/mol. The molecule has 3 aromatic rings. The number of aromatic nitrogens is 2. The lowest BCUT2D eigenvalue weighted by Gasteiger charge is -2.27. The maximum Gasteiger partial charge on any atom is 0.346 e. The Morgan fingerprint density at radius 2 is 1.93 bits per heavy atom. The fourth-order valence-corrected chi connectivity index (χ4v) is 5.48. The Kier molecular flexibility index (Phi) is 9.49. The van der Waals surface area contributed by atoms with Crippen molar-refractivity contribution in [2.24, 2.45) is 0 Å². The highest BCUT2D eigenvalue weighted by Gasteiger charge is 2.30. The number of thiophene rings is 1. The van der Waals surface area contributed by atoms with Gasteiger partial charge in [0.15, 0.2) is 0 Å². The van der Waals surface area contributed by atoms with Crippen LogP contribution in [0.4, 0.5) is 4.39 Å². The van der Waals surface area contributed by atoms with Crippen LogP contribution in [0.2, 0.25) is 0 Å². The number of nitrogens with zero attached hydrogens (tertiary/aromatic N) is 4. The van der Waals surface area contributed by atoms with E-state index < -0.39 is 41.1 Å². The number of carbonyl (C=O) groups excluding carboxylic acids is 1. The predicted molar refractivity (Wildman–Crippen MR) is 147 cm³/mol. The Balaban J connectivity index is 2.34. The van der Waals surface area contributed by atoms with E-state index >= 15 is 0 Å². The highest BCUT2D eigenvalue weighted by molar-refractivity contribution is 7.20. The number of ether oxygens (including phenoxy) is 2. The molecule has 13 heteroatoms. The summed E-state index contributed by atoms with van der Waals surface area (Å²) < 4.78 is 27.6. The van der Waals surface area contributed by atoms with Gasteiger partial charge >= 0.3 is 11.7 Å². The number of aromatic carboxylic acids is 1. The second-order valence-electron chi connectivity index (χ2n) is 9.48. The zero-order chi connectivity index (χ0) is 29.9. The van der Waals surface area contributed by atoms with Gasteiger partial charge < -0.3 is 19.5 Å². The molecule has 3 rings (SSSR count). The molecule has 1 N–H and O–H groups in total. The van der Waals surface area contributed by atoms with Gasteiger partial charge in [-0.15, -0.1) is 11.3 Å². The number of amides is 1. The summed E-state index contributed by atoms with van der Waals surface area (Å²) in [5, 5.41) is 18.8. The first-order chi connectivity index (χ1) is 18.8. The molecule has 2 heterocycles. The molecule has 1 unspecified atom stereocenters. The molecule has 0 radical (unpaired) electrons. The Bertz CT molecular complexity index is 1600. The first-order valence-electron chi connectivity index (χ1n) is 12.5. The smallest absolute Gasteiger partial charge is 0.346 e. The molecule has 0 aliphatic rings. The van der Waals surface area contributed by atoms with E-state index in [-0.39, 0.29) is 57.6 Å². The minimum atomic E-state index is -1.28. The Morgan fingerprint density at radius 3 is 2.50 bits per heavy atom. The third-order valence-electron chi connectivity index (χ3n) is 6.72. The summed E-state index contributed by atoms with van der Waals surface area (Å²) in [5.74, 6) is -2.10. The van der Waals surface area contributed by atoms with Crippen LogP contribution in [0.3, 0.4) is 0 Å². The molecular weight excluding hydrogens is 543 g/mol. The number of carbonyl (C=O) groups is 2. The van der Waals surface area contributed by atoms with E-state index in [1.807, 2.05) is 6.07 Å². The molecule has 0 saturated heterocycles. The Morgan fingerprint density at radius 1 is 1.25 bits per heavy atom. The molecule has 0 saturated carbocycles. The lowest BCUT2D eigenvalue weighted by molar-refractivity contribution is -0.134. The van der Waals surface area contributed by atoms with Crippen LogP contribution in [-0.4, -0.2) is 57.8 Å². The van der Waals surface area contributed by atoms with Crippen molar-refractivity contribution in [1.29, 1.82) is 5.26 Å². The first-order valence-corrected chi connectivity index (χ1v) is 13.3. The normalized spacial score (nSPS) is 12.8. The summed E-state index contributed by atoms with van der Waals surface area (Å²) in [6.45, 7) is 6.11. The summed E-state index contributed by atoms with van der Waals surface area (Å²) in [4.78, 5) is 54.1. The van der Waals surface area contributed by atoms with E-state index in [9.17, 15) is 28.7 Å². The molecule has 0 aliphatic carbocycles. The van der Waals surface area contributed by atoms with Crippen molar-refractivity contribution in [3.63, 3.8) is 0 Å². The fraction of sp³-hybridized carbons (Fsp3) is 0.444. The van der Waals surface area contributed by atoms with Gasteiger partial charge in [0, 0.05) is 18.7 Å². The van der Waals surface area contributed by atoms with Gasteiger partial charge in [-0.1, -0.05) is 0 Å². The Hall–Kier alpha value is -4.02. The van der Waals surface area contributed by atoms with Gasteiger partial charge in [-0.05, 0) is 51.5 Å². The molecular formula is C27H31FN4O7S. The van der Waals surface area contributed by atoms with Gasteiger partial charge in [-0.2, -0.15) is 5.26 Å². The van der Waals surface area contributed by atoms with Crippen LogP contribution in [0.25, 0.3) is 10.2 Å². The van der Waals surface area contributed by atoms with Crippen molar-refractivity contribution >= 4 is 33.4 Å². The minimum Gasteiger partial charge on any atom is -0.496 e. The zero-order valence-electron chi connectivity index (χ0n) is 23.1. The van der Waals surface area contributed by atoms with Crippen LogP contribution >= 0.6 is 11.3 Å². The second-order valence-corrected chi connectivity index (χ2v) is 10.5. The zero-order valence-corrected chi connectivity index (χ0v) is 23.9. The van der Waals surface area contributed by atoms with E-state index in [1.54, 1.807) is 20.9 Å². The molecule has 0 aliphatic heterocycles. The lowest BCUT2D eigenvalue weighted by Crippen LogP contribution is -2.47. The summed E-state index contributed by atoms with van der Waals surface area (Å²) >= 11 is 0.747. The highest BCUT2D eigenvalue weighted by Crippen LogP contribution is 2.33. The van der Waals surface area contributed by atoms with Crippen LogP contribution < -0.4 is 16.0 Å². The summed E-state index contributed by atoms with van der Waals surface area (Å²) in [7, 11) is 2.94. The quantitative estimate of drug-likeness (QED) is 0.343. The predicted octanol–water partition coefficient (Wildman–Crippen LogP) is 3.48. The number of benzene rings is 1. The van der Waals surface area contributed by atoms with Gasteiger partial charge in [0.2, 0.25) is 5.91 Å². The molecule has 2 atom stereocenters. The van der Waals surface area contributed by atoms with Crippen molar-refractivity contribution in [2.45, 2.75) is 58.8 Å². The maximum absolute atomic E-state index is 14.3. The van der Waals surface area contributed by atoms with Gasteiger partial charge in [-0.25, -0.2) is 18.5 Å². The van der Waals surface area contributed by atoms with E-state index in [4.69, 9.17) is 14.7 Å². The fourth-order valence-electron chi connectivity index (χ4n) is 4.34. The van der Waals surface area contributed by atoms with E-state index in [2.05, 4.69) is 0 Å². The number of halogens is 1. The molecule has 214 valence electrons. The van der Waals surface area contributed by atoms with Crippen LogP contribution in [0.15, 0.2) is 27.8 Å². The number of aryl methyl sites for hydroxylation is 1. The standard InChI is InChI=1S/C27H31FN4O7S/c1-14(2)30(5)23(33)16(4)32-24(34)21-15(3)22(26(35)36)40-25(21)31(27(32)37)13-20(39-11-7-10-29)18-12-17(28)8-9-19(18)38-6/h8-9,12,14,16,20H,7,11,13H2,1-6H3,(H,35,36)/t16-,20?/m1/s1. The number of carboxylic acids is 1. The summed E-state index contributed by atoms with van der Waals surface area (Å²) in [6, 6.07) is 4.30. The van der Waals surface area contributed by atoms with Crippen molar-refractivity contribution in [3.05, 3.63) is 60.9 Å². The summed E-state index contributed by atoms with van der Waals surface area (Å²) in [6.07, 6.45) is -1.03. The molecule has 0 bridgehead atoms. The lowest BCUT2D eigenvalue weighted by atomic mass is 10.1. The van der Waals surface area contributed by atoms with E-state index in [1.165, 1.54) is 48.6 Å². The number of nitriles is 1. The number of methoxy groups -OCH3 is 1. The van der Waals surface area contributed by atoms with Crippen molar-refractivity contribution < 1.29 is 28.6 Å². The molecule has 0 fully saturated rings. The SMILES string of the molecule is COc1ccc(F)cc1C(Cn1c(=O)n([C@H](C)C(=O)N(C)C(C)C)c(=O)c2c(C)c(C(=O)O)sc21)OCCC#N. The topological polar surface area (TPSA) is 144 Å². The number of hydrogen-bond donors (Lipinski definition) is 1. The maximum atomic E-state index is 14.3. The van der Waals surface area contributed by atoms with Crippen LogP contribution in [0.1, 0.15) is 60.1 Å².